The molecule has 0 heterocycles. The van der Waals surface area contributed by atoms with E-state index in [0.29, 0.717) is 11.8 Å². The molecule has 1 aromatic rings. The molecule has 3 unspecified atom stereocenters. The van der Waals surface area contributed by atoms with Gasteiger partial charge in [0.15, 0.2) is 9.84 Å². The summed E-state index contributed by atoms with van der Waals surface area (Å²) < 4.78 is 23.3. The van der Waals surface area contributed by atoms with Crippen LogP contribution in [-0.4, -0.2) is 26.6 Å². The van der Waals surface area contributed by atoms with E-state index >= 15 is 0 Å². The molecular formula is C16H22ClNO3S. The molecule has 0 radical (unpaired) electrons. The minimum atomic E-state index is -3.37. The van der Waals surface area contributed by atoms with Crippen molar-refractivity contribution >= 4 is 27.3 Å². The molecule has 1 N–H and O–H groups in total. The summed E-state index contributed by atoms with van der Waals surface area (Å²) in [6, 6.07) is 4.33. The van der Waals surface area contributed by atoms with Crippen LogP contribution in [0.1, 0.15) is 43.5 Å². The number of nitrogens with one attached hydrogen (secondary N) is 1. The lowest BCUT2D eigenvalue weighted by atomic mass is 9.78. The van der Waals surface area contributed by atoms with Gasteiger partial charge in [-0.25, -0.2) is 8.42 Å². The third-order valence-corrected chi connectivity index (χ3v) is 6.07. The van der Waals surface area contributed by atoms with Crippen LogP contribution in [0.25, 0.3) is 0 Å². The van der Waals surface area contributed by atoms with Gasteiger partial charge in [-0.1, -0.05) is 38.3 Å². The molecule has 4 nitrogen and oxygen atoms in total. The summed E-state index contributed by atoms with van der Waals surface area (Å²) in [4.78, 5) is 12.6. The number of amides is 1. The number of carbonyl (C=O) groups is 1. The van der Waals surface area contributed by atoms with Crippen molar-refractivity contribution in [2.24, 2.45) is 11.8 Å². The van der Waals surface area contributed by atoms with Crippen LogP contribution in [-0.2, 0) is 9.84 Å². The monoisotopic (exact) mass is 343 g/mol. The van der Waals surface area contributed by atoms with E-state index in [1.165, 1.54) is 24.6 Å². The number of halogens is 1. The Morgan fingerprint density at radius 3 is 2.59 bits per heavy atom. The van der Waals surface area contributed by atoms with Gasteiger partial charge in [0.25, 0.3) is 5.91 Å². The van der Waals surface area contributed by atoms with Crippen molar-refractivity contribution in [3.8, 4) is 0 Å². The van der Waals surface area contributed by atoms with Crippen LogP contribution < -0.4 is 5.32 Å². The maximum absolute atomic E-state index is 12.5. The first kappa shape index (κ1) is 17.3. The number of carbonyl (C=O) groups excluding carboxylic acids is 1. The van der Waals surface area contributed by atoms with Gasteiger partial charge < -0.3 is 5.32 Å². The topological polar surface area (TPSA) is 63.2 Å². The molecule has 0 aromatic heterocycles. The zero-order valence-electron chi connectivity index (χ0n) is 13.1. The Morgan fingerprint density at radius 2 is 1.95 bits per heavy atom. The summed E-state index contributed by atoms with van der Waals surface area (Å²) in [6.07, 6.45) is 4.33. The van der Waals surface area contributed by atoms with Crippen LogP contribution in [0.2, 0.25) is 5.02 Å². The highest BCUT2D eigenvalue weighted by atomic mass is 35.5. The summed E-state index contributed by atoms with van der Waals surface area (Å²) in [7, 11) is -3.37. The van der Waals surface area contributed by atoms with Crippen LogP contribution in [0.4, 0.5) is 0 Å². The highest BCUT2D eigenvalue weighted by Crippen LogP contribution is 2.30. The summed E-state index contributed by atoms with van der Waals surface area (Å²) in [5, 5.41) is 3.28. The van der Waals surface area contributed by atoms with Crippen LogP contribution >= 0.6 is 11.6 Å². The van der Waals surface area contributed by atoms with E-state index in [4.69, 9.17) is 11.6 Å². The molecule has 0 saturated heterocycles. The minimum absolute atomic E-state index is 0.104. The molecule has 0 aliphatic heterocycles. The molecule has 1 saturated carbocycles. The Labute approximate surface area is 137 Å². The Kier molecular flexibility index (Phi) is 5.17. The van der Waals surface area contributed by atoms with E-state index in [1.54, 1.807) is 0 Å². The Bertz CT molecular complexity index is 672. The number of benzene rings is 1. The molecule has 22 heavy (non-hydrogen) atoms. The van der Waals surface area contributed by atoms with Gasteiger partial charge in [0.1, 0.15) is 0 Å². The molecule has 0 spiro atoms. The van der Waals surface area contributed by atoms with Crippen molar-refractivity contribution < 1.29 is 13.2 Å². The van der Waals surface area contributed by atoms with Gasteiger partial charge in [-0.15, -0.1) is 0 Å². The molecule has 1 aliphatic carbocycles. The fourth-order valence-electron chi connectivity index (χ4n) is 2.94. The third kappa shape index (κ3) is 3.82. The Balaban J connectivity index is 2.22. The first-order chi connectivity index (χ1) is 10.2. The van der Waals surface area contributed by atoms with Gasteiger partial charge in [0.2, 0.25) is 0 Å². The van der Waals surface area contributed by atoms with E-state index in [-0.39, 0.29) is 27.4 Å². The van der Waals surface area contributed by atoms with Gasteiger partial charge in [0, 0.05) is 12.3 Å². The molecule has 0 bridgehead atoms. The SMILES string of the molecule is CC1CCCC(NC(=O)c2cc(S(C)(=O)=O)ccc2Cl)C1C. The lowest BCUT2D eigenvalue weighted by Gasteiger charge is -2.34. The lowest BCUT2D eigenvalue weighted by Crippen LogP contribution is -2.43. The summed E-state index contributed by atoms with van der Waals surface area (Å²) in [5.74, 6) is 0.660. The standard InChI is InChI=1S/C16H22ClNO3S/c1-10-5-4-6-15(11(10)2)18-16(19)13-9-12(22(3,20)21)7-8-14(13)17/h7-11,15H,4-6H2,1-3H3,(H,18,19). The second-order valence-electron chi connectivity index (χ2n) is 6.26. The Hall–Kier alpha value is -1.07. The zero-order chi connectivity index (χ0) is 16.5. The fraction of sp³-hybridized carbons (Fsp3) is 0.562. The number of hydrogen-bond acceptors (Lipinski definition) is 3. The summed E-state index contributed by atoms with van der Waals surface area (Å²) in [5.41, 5.74) is 0.218. The molecular weight excluding hydrogens is 322 g/mol. The van der Waals surface area contributed by atoms with E-state index in [1.807, 2.05) is 0 Å². The normalized spacial score (nSPS) is 25.7. The Morgan fingerprint density at radius 1 is 1.27 bits per heavy atom. The van der Waals surface area contributed by atoms with Crippen molar-refractivity contribution in [1.29, 1.82) is 0 Å². The zero-order valence-corrected chi connectivity index (χ0v) is 14.7. The van der Waals surface area contributed by atoms with Crippen LogP contribution in [0.3, 0.4) is 0 Å². The highest BCUT2D eigenvalue weighted by molar-refractivity contribution is 7.90. The molecule has 1 aliphatic rings. The maximum atomic E-state index is 12.5. The fourth-order valence-corrected chi connectivity index (χ4v) is 3.79. The van der Waals surface area contributed by atoms with Gasteiger partial charge >= 0.3 is 0 Å². The largest absolute Gasteiger partial charge is 0.349 e. The lowest BCUT2D eigenvalue weighted by molar-refractivity contribution is 0.0891. The van der Waals surface area contributed by atoms with Gasteiger partial charge in [-0.05, 0) is 36.5 Å². The number of rotatable bonds is 3. The smallest absolute Gasteiger partial charge is 0.253 e. The second kappa shape index (κ2) is 6.59. The van der Waals surface area contributed by atoms with Gasteiger partial charge in [-0.2, -0.15) is 0 Å². The van der Waals surface area contributed by atoms with Crippen molar-refractivity contribution in [2.45, 2.75) is 44.0 Å². The first-order valence-electron chi connectivity index (χ1n) is 7.50. The maximum Gasteiger partial charge on any atom is 0.253 e. The average Bonchev–Trinajstić information content (AvgIpc) is 2.43. The van der Waals surface area contributed by atoms with E-state index in [2.05, 4.69) is 19.2 Å². The predicted molar refractivity (Wildman–Crippen MR) is 88.0 cm³/mol. The quantitative estimate of drug-likeness (QED) is 0.915. The van der Waals surface area contributed by atoms with E-state index in [9.17, 15) is 13.2 Å². The third-order valence-electron chi connectivity index (χ3n) is 4.63. The number of sulfone groups is 1. The molecule has 122 valence electrons. The number of hydrogen-bond donors (Lipinski definition) is 1. The average molecular weight is 344 g/mol. The highest BCUT2D eigenvalue weighted by Gasteiger charge is 2.29. The van der Waals surface area contributed by atoms with Crippen LogP contribution in [0.15, 0.2) is 23.1 Å². The molecule has 1 amide bonds. The van der Waals surface area contributed by atoms with Crippen LogP contribution in [0.5, 0.6) is 0 Å². The second-order valence-corrected chi connectivity index (χ2v) is 8.68. The van der Waals surface area contributed by atoms with Crippen molar-refractivity contribution in [2.75, 3.05) is 6.26 Å². The minimum Gasteiger partial charge on any atom is -0.349 e. The van der Waals surface area contributed by atoms with E-state index in [0.717, 1.165) is 19.1 Å². The summed E-state index contributed by atoms with van der Waals surface area (Å²) >= 11 is 6.07. The summed E-state index contributed by atoms with van der Waals surface area (Å²) in [6.45, 7) is 4.34. The molecule has 1 fully saturated rings. The first-order valence-corrected chi connectivity index (χ1v) is 9.77. The predicted octanol–water partition coefficient (Wildman–Crippen LogP) is 3.30. The van der Waals surface area contributed by atoms with Gasteiger partial charge in [0.05, 0.1) is 15.5 Å². The van der Waals surface area contributed by atoms with Gasteiger partial charge in [-0.3, -0.25) is 4.79 Å². The van der Waals surface area contributed by atoms with E-state index < -0.39 is 9.84 Å². The molecule has 2 rings (SSSR count). The van der Waals surface area contributed by atoms with Crippen molar-refractivity contribution in [3.63, 3.8) is 0 Å². The molecule has 6 heteroatoms. The molecule has 1 aromatic carbocycles. The van der Waals surface area contributed by atoms with Crippen LogP contribution in [0, 0.1) is 11.8 Å². The molecule has 3 atom stereocenters. The van der Waals surface area contributed by atoms with Crippen molar-refractivity contribution in [1.82, 2.24) is 5.32 Å². The van der Waals surface area contributed by atoms with Crippen molar-refractivity contribution in [3.05, 3.63) is 28.8 Å².